The van der Waals surface area contributed by atoms with Gasteiger partial charge in [-0.05, 0) is 38.1 Å². The second-order valence-electron chi connectivity index (χ2n) is 5.99. The summed E-state index contributed by atoms with van der Waals surface area (Å²) in [5.41, 5.74) is 8.32. The Kier molecular flexibility index (Phi) is 5.19. The molecule has 2 N–H and O–H groups in total. The Labute approximate surface area is 160 Å². The van der Waals surface area contributed by atoms with Crippen LogP contribution in [-0.2, 0) is 0 Å². The summed E-state index contributed by atoms with van der Waals surface area (Å²) in [6.07, 6.45) is 0. The van der Waals surface area contributed by atoms with Crippen LogP contribution in [0.15, 0.2) is 52.3 Å². The first-order valence-corrected chi connectivity index (χ1v) is 9.20. The van der Waals surface area contributed by atoms with Gasteiger partial charge in [-0.1, -0.05) is 22.0 Å². The molecular weight excluding hydrogens is 397 g/mol. The van der Waals surface area contributed by atoms with Crippen LogP contribution in [0, 0.1) is 17.1 Å². The van der Waals surface area contributed by atoms with Crippen LogP contribution in [0.4, 0.5) is 10.1 Å². The van der Waals surface area contributed by atoms with Gasteiger partial charge >= 0.3 is 0 Å². The minimum absolute atomic E-state index is 0.0149. The number of nitrogens with two attached hydrogens (primary N) is 1. The van der Waals surface area contributed by atoms with Crippen LogP contribution in [0.3, 0.4) is 0 Å². The summed E-state index contributed by atoms with van der Waals surface area (Å²) in [5.74, 6) is -0.428. The topological polar surface area (TPSA) is 62.3 Å². The van der Waals surface area contributed by atoms with Crippen LogP contribution < -0.4 is 15.4 Å². The van der Waals surface area contributed by atoms with Crippen LogP contribution in [0.25, 0.3) is 0 Å². The van der Waals surface area contributed by atoms with Crippen molar-refractivity contribution in [2.75, 3.05) is 18.0 Å². The molecule has 6 heteroatoms. The molecule has 1 aliphatic rings. The standard InChI is InChI=1S/C20H19BrFN3O/c1-3-25(4-2)13-6-7-14-18(10-13)26-20(24)16(11-23)19(14)15-9-12(21)5-8-17(15)22/h5-10,19H,3-4,24H2,1-2H3/t19-/m1/s1. The molecule has 4 nitrogen and oxygen atoms in total. The van der Waals surface area contributed by atoms with Gasteiger partial charge < -0.3 is 15.4 Å². The first-order valence-electron chi connectivity index (χ1n) is 8.41. The minimum atomic E-state index is -0.605. The zero-order valence-corrected chi connectivity index (χ0v) is 16.2. The van der Waals surface area contributed by atoms with Crippen molar-refractivity contribution in [1.29, 1.82) is 5.26 Å². The van der Waals surface area contributed by atoms with Crippen molar-refractivity contribution in [3.63, 3.8) is 0 Å². The smallest absolute Gasteiger partial charge is 0.205 e. The number of rotatable bonds is 4. The Balaban J connectivity index is 2.19. The first-order chi connectivity index (χ1) is 12.5. The summed E-state index contributed by atoms with van der Waals surface area (Å²) >= 11 is 3.37. The second kappa shape index (κ2) is 7.38. The van der Waals surface area contributed by atoms with Gasteiger partial charge in [-0.3, -0.25) is 0 Å². The molecule has 1 atom stereocenters. The maximum atomic E-state index is 14.6. The zero-order valence-electron chi connectivity index (χ0n) is 14.6. The molecule has 0 spiro atoms. The molecule has 26 heavy (non-hydrogen) atoms. The Bertz CT molecular complexity index is 916. The van der Waals surface area contributed by atoms with Crippen LogP contribution in [-0.4, -0.2) is 13.1 Å². The van der Waals surface area contributed by atoms with E-state index in [9.17, 15) is 9.65 Å². The Morgan fingerprint density at radius 3 is 2.58 bits per heavy atom. The molecule has 1 heterocycles. The normalized spacial score (nSPS) is 15.9. The number of allylic oxidation sites excluding steroid dienone is 1. The van der Waals surface area contributed by atoms with Crippen molar-refractivity contribution >= 4 is 21.6 Å². The van der Waals surface area contributed by atoms with Gasteiger partial charge in [0, 0.05) is 40.4 Å². The predicted octanol–water partition coefficient (Wildman–Crippen LogP) is 4.65. The number of anilines is 1. The van der Waals surface area contributed by atoms with E-state index >= 15 is 0 Å². The zero-order chi connectivity index (χ0) is 18.8. The lowest BCUT2D eigenvalue weighted by atomic mass is 9.83. The van der Waals surface area contributed by atoms with Crippen LogP contribution in [0.1, 0.15) is 30.9 Å². The molecule has 2 aromatic rings. The highest BCUT2D eigenvalue weighted by Crippen LogP contribution is 2.44. The number of nitrogens with zero attached hydrogens (tertiary/aromatic N) is 2. The van der Waals surface area contributed by atoms with Crippen LogP contribution in [0.5, 0.6) is 5.75 Å². The largest absolute Gasteiger partial charge is 0.440 e. The molecule has 0 aliphatic carbocycles. The van der Waals surface area contributed by atoms with Gasteiger partial charge in [0.1, 0.15) is 23.2 Å². The number of fused-ring (bicyclic) bond motifs is 1. The molecule has 0 aromatic heterocycles. The lowest BCUT2D eigenvalue weighted by molar-refractivity contribution is 0.392. The number of hydrogen-bond donors (Lipinski definition) is 1. The lowest BCUT2D eigenvalue weighted by Crippen LogP contribution is -2.24. The fourth-order valence-corrected chi connectivity index (χ4v) is 3.66. The van der Waals surface area contributed by atoms with Crippen LogP contribution in [0.2, 0.25) is 0 Å². The van der Waals surface area contributed by atoms with Gasteiger partial charge in [-0.15, -0.1) is 0 Å². The van der Waals surface area contributed by atoms with E-state index in [1.54, 1.807) is 12.1 Å². The summed E-state index contributed by atoms with van der Waals surface area (Å²) in [6, 6.07) is 12.5. The molecule has 0 saturated heterocycles. The van der Waals surface area contributed by atoms with E-state index < -0.39 is 5.92 Å². The number of ether oxygens (including phenoxy) is 1. The van der Waals surface area contributed by atoms with Crippen molar-refractivity contribution in [1.82, 2.24) is 0 Å². The quantitative estimate of drug-likeness (QED) is 0.788. The van der Waals surface area contributed by atoms with Gasteiger partial charge in [-0.25, -0.2) is 4.39 Å². The number of nitriles is 1. The molecular formula is C20H19BrFN3O. The van der Waals surface area contributed by atoms with Crippen molar-refractivity contribution < 1.29 is 9.13 Å². The van der Waals surface area contributed by atoms with E-state index in [-0.39, 0.29) is 17.3 Å². The molecule has 0 saturated carbocycles. The molecule has 3 rings (SSSR count). The fraction of sp³-hybridized carbons (Fsp3) is 0.250. The fourth-order valence-electron chi connectivity index (χ4n) is 3.29. The maximum Gasteiger partial charge on any atom is 0.205 e. The summed E-state index contributed by atoms with van der Waals surface area (Å²) in [6.45, 7) is 5.86. The summed E-state index contributed by atoms with van der Waals surface area (Å²) in [4.78, 5) is 2.18. The van der Waals surface area contributed by atoms with Crippen molar-refractivity contribution in [2.24, 2.45) is 5.73 Å². The van der Waals surface area contributed by atoms with E-state index in [1.807, 2.05) is 18.2 Å². The third-order valence-corrected chi connectivity index (χ3v) is 5.09. The molecule has 0 unspecified atom stereocenters. The lowest BCUT2D eigenvalue weighted by Gasteiger charge is -2.29. The molecule has 2 aromatic carbocycles. The summed E-state index contributed by atoms with van der Waals surface area (Å²) in [5, 5.41) is 9.59. The average Bonchev–Trinajstić information content (AvgIpc) is 2.63. The number of benzene rings is 2. The summed E-state index contributed by atoms with van der Waals surface area (Å²) < 4.78 is 21.0. The molecule has 134 valence electrons. The van der Waals surface area contributed by atoms with Gasteiger partial charge in [0.2, 0.25) is 5.88 Å². The third kappa shape index (κ3) is 3.15. The van der Waals surface area contributed by atoms with E-state index in [1.165, 1.54) is 6.07 Å². The average molecular weight is 416 g/mol. The second-order valence-corrected chi connectivity index (χ2v) is 6.90. The molecule has 0 radical (unpaired) electrons. The molecule has 1 aliphatic heterocycles. The Hall–Kier alpha value is -2.52. The number of hydrogen-bond acceptors (Lipinski definition) is 4. The van der Waals surface area contributed by atoms with E-state index in [0.29, 0.717) is 11.3 Å². The third-order valence-electron chi connectivity index (χ3n) is 4.60. The number of halogens is 2. The first kappa shape index (κ1) is 18.3. The van der Waals surface area contributed by atoms with Gasteiger partial charge in [0.05, 0.1) is 5.92 Å². The Morgan fingerprint density at radius 1 is 1.19 bits per heavy atom. The van der Waals surface area contributed by atoms with Gasteiger partial charge in [0.15, 0.2) is 0 Å². The monoisotopic (exact) mass is 415 g/mol. The van der Waals surface area contributed by atoms with Crippen molar-refractivity contribution in [3.05, 3.63) is 69.3 Å². The van der Waals surface area contributed by atoms with Crippen molar-refractivity contribution in [3.8, 4) is 11.8 Å². The SMILES string of the molecule is CCN(CC)c1ccc2c(c1)OC(N)=C(C#N)[C@H]2c1cc(Br)ccc1F. The predicted molar refractivity (Wildman–Crippen MR) is 103 cm³/mol. The van der Waals surface area contributed by atoms with Crippen molar-refractivity contribution in [2.45, 2.75) is 19.8 Å². The summed E-state index contributed by atoms with van der Waals surface area (Å²) in [7, 11) is 0. The van der Waals surface area contributed by atoms with Crippen LogP contribution >= 0.6 is 15.9 Å². The van der Waals surface area contributed by atoms with E-state index in [0.717, 1.165) is 28.8 Å². The van der Waals surface area contributed by atoms with E-state index in [2.05, 4.69) is 40.7 Å². The Morgan fingerprint density at radius 2 is 1.92 bits per heavy atom. The minimum Gasteiger partial charge on any atom is -0.440 e. The molecule has 0 bridgehead atoms. The highest BCUT2D eigenvalue weighted by atomic mass is 79.9. The molecule has 0 fully saturated rings. The maximum absolute atomic E-state index is 14.6. The van der Waals surface area contributed by atoms with Gasteiger partial charge in [-0.2, -0.15) is 5.26 Å². The highest BCUT2D eigenvalue weighted by Gasteiger charge is 2.32. The highest BCUT2D eigenvalue weighted by molar-refractivity contribution is 9.10. The van der Waals surface area contributed by atoms with Gasteiger partial charge in [0.25, 0.3) is 0 Å². The molecule has 0 amide bonds. The van der Waals surface area contributed by atoms with E-state index in [4.69, 9.17) is 10.5 Å².